The number of nitrogens with zero attached hydrogens (tertiary/aromatic N) is 6. The van der Waals surface area contributed by atoms with Crippen molar-refractivity contribution in [2.24, 2.45) is 0 Å². The van der Waals surface area contributed by atoms with Crippen LogP contribution >= 0.6 is 0 Å². The minimum Gasteiger partial charge on any atom is -0.507 e. The van der Waals surface area contributed by atoms with Crippen molar-refractivity contribution in [1.82, 2.24) is 30.0 Å². The summed E-state index contributed by atoms with van der Waals surface area (Å²) in [5.74, 6) is 0.459. The molecule has 3 aromatic rings. The Morgan fingerprint density at radius 1 is 1.32 bits per heavy atom. The van der Waals surface area contributed by atoms with E-state index in [1.807, 2.05) is 13.1 Å². The Hall–Kier alpha value is -3.07. The van der Waals surface area contributed by atoms with Gasteiger partial charge in [-0.15, -0.1) is 10.2 Å². The summed E-state index contributed by atoms with van der Waals surface area (Å²) in [6, 6.07) is 4.85. The molecule has 1 unspecified atom stereocenters. The summed E-state index contributed by atoms with van der Waals surface area (Å²) in [6.07, 6.45) is 9.38. The van der Waals surface area contributed by atoms with Crippen LogP contribution in [0.3, 0.4) is 0 Å². The highest BCUT2D eigenvalue weighted by Crippen LogP contribution is 2.38. The quantitative estimate of drug-likeness (QED) is 0.667. The Kier molecular flexibility index (Phi) is 4.85. The number of fused-ring (bicyclic) bond motifs is 2. The highest BCUT2D eigenvalue weighted by Gasteiger charge is 2.47. The van der Waals surface area contributed by atoms with Gasteiger partial charge in [-0.1, -0.05) is 0 Å². The number of benzene rings is 1. The first kappa shape index (κ1) is 19.9. The van der Waals surface area contributed by atoms with E-state index in [-0.39, 0.29) is 23.4 Å². The van der Waals surface area contributed by atoms with Crippen molar-refractivity contribution < 1.29 is 9.50 Å². The van der Waals surface area contributed by atoms with Crippen LogP contribution in [0.4, 0.5) is 10.3 Å². The largest absolute Gasteiger partial charge is 0.507 e. The van der Waals surface area contributed by atoms with Crippen molar-refractivity contribution in [3.8, 4) is 22.7 Å². The molecule has 2 saturated heterocycles. The first-order valence-corrected chi connectivity index (χ1v) is 10.6. The fourth-order valence-electron chi connectivity index (χ4n) is 4.91. The number of aromatic hydroxyl groups is 1. The van der Waals surface area contributed by atoms with Gasteiger partial charge in [-0.05, 0) is 44.7 Å². The average molecular weight is 423 g/mol. The molecule has 0 saturated carbocycles. The third-order valence-corrected chi connectivity index (χ3v) is 6.61. The maximum atomic E-state index is 15.2. The second kappa shape index (κ2) is 7.56. The molecular weight excluding hydrogens is 397 g/mol. The van der Waals surface area contributed by atoms with Crippen molar-refractivity contribution in [2.75, 3.05) is 11.9 Å². The molecule has 0 spiro atoms. The van der Waals surface area contributed by atoms with Crippen LogP contribution in [0.15, 0.2) is 43.1 Å². The van der Waals surface area contributed by atoms with Gasteiger partial charge >= 0.3 is 0 Å². The summed E-state index contributed by atoms with van der Waals surface area (Å²) in [5, 5.41) is 22.5. The van der Waals surface area contributed by atoms with Crippen LogP contribution in [-0.4, -0.2) is 60.7 Å². The number of halogens is 1. The number of phenols is 1. The lowest BCUT2D eigenvalue weighted by molar-refractivity contribution is 0.0605. The molecule has 8 nitrogen and oxygen atoms in total. The molecule has 162 valence electrons. The number of hydrogen-bond acceptors (Lipinski definition) is 7. The Labute approximate surface area is 180 Å². The van der Waals surface area contributed by atoms with E-state index in [9.17, 15) is 5.11 Å². The fourth-order valence-corrected chi connectivity index (χ4v) is 4.91. The molecule has 2 aliphatic rings. The lowest BCUT2D eigenvalue weighted by Crippen LogP contribution is -2.66. The van der Waals surface area contributed by atoms with Gasteiger partial charge in [0.1, 0.15) is 17.6 Å². The van der Waals surface area contributed by atoms with Crippen molar-refractivity contribution in [3.05, 3.63) is 43.1 Å². The first-order chi connectivity index (χ1) is 14.9. The average Bonchev–Trinajstić information content (AvgIpc) is 3.31. The Balaban J connectivity index is 1.36. The second-order valence-electron chi connectivity index (χ2n) is 8.85. The SMILES string of the molecule is CN(c1ncc(-c2ccc(-n3ccnc3)cc2O)nn1)[C@@H]1C[C@@]2(C)CCCC(N2)[C@@H]1F. The predicted octanol–water partition coefficient (Wildman–Crippen LogP) is 2.88. The molecule has 2 fully saturated rings. The van der Waals surface area contributed by atoms with E-state index in [1.165, 1.54) is 0 Å². The molecule has 0 radical (unpaired) electrons. The number of imidazole rings is 1. The number of nitrogens with one attached hydrogen (secondary N) is 1. The number of hydrogen-bond donors (Lipinski definition) is 2. The molecule has 31 heavy (non-hydrogen) atoms. The second-order valence-corrected chi connectivity index (χ2v) is 8.85. The van der Waals surface area contributed by atoms with E-state index in [1.54, 1.807) is 46.5 Å². The molecule has 2 aliphatic heterocycles. The number of piperidine rings is 2. The van der Waals surface area contributed by atoms with Crippen LogP contribution in [0.5, 0.6) is 5.75 Å². The van der Waals surface area contributed by atoms with Gasteiger partial charge in [-0.2, -0.15) is 0 Å². The molecule has 4 heterocycles. The Morgan fingerprint density at radius 2 is 2.19 bits per heavy atom. The molecule has 0 amide bonds. The van der Waals surface area contributed by atoms with Crippen LogP contribution in [0.1, 0.15) is 32.6 Å². The maximum Gasteiger partial charge on any atom is 0.245 e. The highest BCUT2D eigenvalue weighted by molar-refractivity contribution is 5.68. The topological polar surface area (TPSA) is 92.0 Å². The van der Waals surface area contributed by atoms with Gasteiger partial charge < -0.3 is 19.9 Å². The third-order valence-electron chi connectivity index (χ3n) is 6.61. The summed E-state index contributed by atoms with van der Waals surface area (Å²) in [4.78, 5) is 10.3. The van der Waals surface area contributed by atoms with Crippen molar-refractivity contribution >= 4 is 5.95 Å². The Bertz CT molecular complexity index is 1060. The predicted molar refractivity (Wildman–Crippen MR) is 115 cm³/mol. The van der Waals surface area contributed by atoms with Gasteiger partial charge in [0.2, 0.25) is 5.95 Å². The van der Waals surface area contributed by atoms with Gasteiger partial charge in [0.05, 0.1) is 24.3 Å². The smallest absolute Gasteiger partial charge is 0.245 e. The summed E-state index contributed by atoms with van der Waals surface area (Å²) >= 11 is 0. The summed E-state index contributed by atoms with van der Waals surface area (Å²) in [7, 11) is 1.83. The van der Waals surface area contributed by atoms with Crippen molar-refractivity contribution in [2.45, 2.75) is 56.4 Å². The monoisotopic (exact) mass is 423 g/mol. The molecular formula is C22H26FN7O. The molecule has 9 heteroatoms. The minimum absolute atomic E-state index is 0.0550. The van der Waals surface area contributed by atoms with Crippen LogP contribution in [0.2, 0.25) is 0 Å². The number of anilines is 1. The lowest BCUT2D eigenvalue weighted by Gasteiger charge is -2.51. The molecule has 2 bridgehead atoms. The molecule has 1 aromatic carbocycles. The number of alkyl halides is 1. The zero-order chi connectivity index (χ0) is 21.6. The van der Waals surface area contributed by atoms with Gasteiger partial charge in [-0.25, -0.2) is 14.4 Å². The Morgan fingerprint density at radius 3 is 2.90 bits per heavy atom. The zero-order valence-electron chi connectivity index (χ0n) is 17.6. The van der Waals surface area contributed by atoms with Crippen LogP contribution < -0.4 is 10.2 Å². The van der Waals surface area contributed by atoms with E-state index in [4.69, 9.17) is 0 Å². The van der Waals surface area contributed by atoms with Gasteiger partial charge in [0.15, 0.2) is 0 Å². The number of rotatable bonds is 4. The van der Waals surface area contributed by atoms with Crippen LogP contribution in [-0.2, 0) is 0 Å². The van der Waals surface area contributed by atoms with E-state index in [2.05, 4.69) is 32.4 Å². The zero-order valence-corrected chi connectivity index (χ0v) is 17.6. The molecule has 2 N–H and O–H groups in total. The summed E-state index contributed by atoms with van der Waals surface area (Å²) in [6.45, 7) is 2.17. The van der Waals surface area contributed by atoms with E-state index in [0.717, 1.165) is 24.9 Å². The van der Waals surface area contributed by atoms with Crippen LogP contribution in [0, 0.1) is 0 Å². The minimum atomic E-state index is -0.985. The third kappa shape index (κ3) is 3.63. The molecule has 2 aromatic heterocycles. The van der Waals surface area contributed by atoms with Crippen molar-refractivity contribution in [3.63, 3.8) is 0 Å². The summed E-state index contributed by atoms with van der Waals surface area (Å²) in [5.41, 5.74) is 1.72. The molecule has 4 atom stereocenters. The summed E-state index contributed by atoms with van der Waals surface area (Å²) < 4.78 is 17.0. The number of phenolic OH excluding ortho intramolecular Hbond substituents is 1. The molecule has 5 rings (SSSR count). The first-order valence-electron chi connectivity index (χ1n) is 10.6. The van der Waals surface area contributed by atoms with Gasteiger partial charge in [0.25, 0.3) is 0 Å². The standard InChI is InChI=1S/C22H26FN7O/c1-22-7-3-4-16(26-22)20(23)18(11-22)29(2)21-25-12-17(27-28-21)15-6-5-14(10-19(15)31)30-9-8-24-13-30/h5-6,8-10,12-13,16,18,20,26,31H,3-4,7,11H2,1-2H3/t16?,18-,20+,22-/m1/s1. The maximum absolute atomic E-state index is 15.2. The van der Waals surface area contributed by atoms with Crippen LogP contribution in [0.25, 0.3) is 16.9 Å². The van der Waals surface area contributed by atoms with Crippen molar-refractivity contribution in [1.29, 1.82) is 0 Å². The normalized spacial score (nSPS) is 27.8. The van der Waals surface area contributed by atoms with E-state index >= 15 is 4.39 Å². The molecule has 0 aliphatic carbocycles. The number of aromatic nitrogens is 5. The lowest BCUT2D eigenvalue weighted by atomic mass is 9.74. The fraction of sp³-hybridized carbons (Fsp3) is 0.455. The van der Waals surface area contributed by atoms with E-state index in [0.29, 0.717) is 23.6 Å². The highest BCUT2D eigenvalue weighted by atomic mass is 19.1. The van der Waals surface area contributed by atoms with Gasteiger partial charge in [0, 0.05) is 42.7 Å². The van der Waals surface area contributed by atoms with Gasteiger partial charge in [-0.3, -0.25) is 0 Å². The van der Waals surface area contributed by atoms with E-state index < -0.39 is 6.17 Å².